The zero-order valence-electron chi connectivity index (χ0n) is 12.0. The first-order valence-electron chi connectivity index (χ1n) is 7.03. The Morgan fingerprint density at radius 2 is 1.76 bits per heavy atom. The zero-order chi connectivity index (χ0) is 13.3. The van der Waals surface area contributed by atoms with Gasteiger partial charge in [0, 0.05) is 18.0 Å². The van der Waals surface area contributed by atoms with Crippen LogP contribution in [0, 0.1) is 5.92 Å². The van der Waals surface area contributed by atoms with Crippen molar-refractivity contribution in [3.8, 4) is 0 Å². The molecule has 0 rings (SSSR count). The summed E-state index contributed by atoms with van der Waals surface area (Å²) in [5.41, 5.74) is 5.69. The largest absolute Gasteiger partial charge is 0.353 e. The molecule has 102 valence electrons. The summed E-state index contributed by atoms with van der Waals surface area (Å²) in [5.74, 6) is 0.302. The third kappa shape index (κ3) is 9.16. The lowest BCUT2D eigenvalue weighted by atomic mass is 10.0. The van der Waals surface area contributed by atoms with Crippen LogP contribution in [0.1, 0.15) is 66.2 Å². The van der Waals surface area contributed by atoms with Crippen LogP contribution in [0.25, 0.3) is 0 Å². The molecule has 0 aliphatic carbocycles. The van der Waals surface area contributed by atoms with E-state index in [4.69, 9.17) is 5.73 Å². The van der Waals surface area contributed by atoms with E-state index in [2.05, 4.69) is 19.2 Å². The van der Waals surface area contributed by atoms with Gasteiger partial charge in [-0.1, -0.05) is 33.1 Å². The Kier molecular flexibility index (Phi) is 9.14. The van der Waals surface area contributed by atoms with Crippen LogP contribution in [0.4, 0.5) is 0 Å². The molecule has 0 fully saturated rings. The van der Waals surface area contributed by atoms with Crippen LogP contribution < -0.4 is 11.1 Å². The van der Waals surface area contributed by atoms with Crippen molar-refractivity contribution in [2.24, 2.45) is 11.7 Å². The number of unbranched alkanes of at least 4 members (excludes halogenated alkanes) is 1. The minimum absolute atomic E-state index is 0.109. The van der Waals surface area contributed by atoms with Gasteiger partial charge in [-0.2, -0.15) is 0 Å². The third-order valence-electron chi connectivity index (χ3n) is 3.12. The maximum absolute atomic E-state index is 11.8. The fourth-order valence-corrected chi connectivity index (χ4v) is 1.84. The van der Waals surface area contributed by atoms with Gasteiger partial charge in [0.25, 0.3) is 0 Å². The third-order valence-corrected chi connectivity index (χ3v) is 3.12. The average molecular weight is 242 g/mol. The molecule has 3 unspecified atom stereocenters. The highest BCUT2D eigenvalue weighted by Crippen LogP contribution is 2.10. The van der Waals surface area contributed by atoms with Crippen LogP contribution in [0.15, 0.2) is 0 Å². The highest BCUT2D eigenvalue weighted by Gasteiger charge is 2.14. The van der Waals surface area contributed by atoms with Crippen LogP contribution in [-0.4, -0.2) is 18.0 Å². The number of hydrogen-bond acceptors (Lipinski definition) is 2. The lowest BCUT2D eigenvalue weighted by molar-refractivity contribution is -0.125. The van der Waals surface area contributed by atoms with Crippen molar-refractivity contribution in [2.45, 2.75) is 78.3 Å². The lowest BCUT2D eigenvalue weighted by Gasteiger charge is -2.17. The number of rotatable bonds is 9. The molecule has 3 nitrogen and oxygen atoms in total. The molecule has 0 saturated heterocycles. The van der Waals surface area contributed by atoms with Gasteiger partial charge in [0.15, 0.2) is 0 Å². The van der Waals surface area contributed by atoms with Crippen molar-refractivity contribution in [3.63, 3.8) is 0 Å². The van der Waals surface area contributed by atoms with Crippen molar-refractivity contribution in [1.29, 1.82) is 0 Å². The Morgan fingerprint density at radius 3 is 2.29 bits per heavy atom. The minimum Gasteiger partial charge on any atom is -0.353 e. The molecule has 0 aromatic rings. The Balaban J connectivity index is 3.73. The van der Waals surface area contributed by atoms with Gasteiger partial charge in [0.1, 0.15) is 0 Å². The second kappa shape index (κ2) is 9.46. The second-order valence-corrected chi connectivity index (χ2v) is 5.36. The van der Waals surface area contributed by atoms with E-state index >= 15 is 0 Å². The monoisotopic (exact) mass is 242 g/mol. The summed E-state index contributed by atoms with van der Waals surface area (Å²) >= 11 is 0. The molecular formula is C14H30N2O. The quantitative estimate of drug-likeness (QED) is 0.653. The number of carbonyl (C=O) groups is 1. The summed E-state index contributed by atoms with van der Waals surface area (Å²) in [6.07, 6.45) is 6.42. The van der Waals surface area contributed by atoms with Crippen LogP contribution in [0.5, 0.6) is 0 Å². The van der Waals surface area contributed by atoms with E-state index in [9.17, 15) is 4.79 Å². The van der Waals surface area contributed by atoms with E-state index in [1.165, 1.54) is 12.8 Å². The molecule has 0 aliphatic heterocycles. The molecule has 17 heavy (non-hydrogen) atoms. The van der Waals surface area contributed by atoms with Gasteiger partial charge < -0.3 is 11.1 Å². The fourth-order valence-electron chi connectivity index (χ4n) is 1.84. The highest BCUT2D eigenvalue weighted by molar-refractivity contribution is 5.78. The molecule has 0 bridgehead atoms. The van der Waals surface area contributed by atoms with Crippen molar-refractivity contribution < 1.29 is 4.79 Å². The normalized spacial score (nSPS) is 16.3. The van der Waals surface area contributed by atoms with Crippen molar-refractivity contribution in [1.82, 2.24) is 5.32 Å². The standard InChI is InChI=1S/C14H30N2O/c1-5-6-10-13(4)16-14(17)11(2)8-7-9-12(3)15/h11-13H,5-10,15H2,1-4H3,(H,16,17). The van der Waals surface area contributed by atoms with Gasteiger partial charge >= 0.3 is 0 Å². The molecule has 1 amide bonds. The molecule has 0 saturated carbocycles. The van der Waals surface area contributed by atoms with Crippen LogP contribution >= 0.6 is 0 Å². The maximum atomic E-state index is 11.8. The number of nitrogens with two attached hydrogens (primary N) is 1. The molecule has 3 N–H and O–H groups in total. The first-order valence-corrected chi connectivity index (χ1v) is 7.03. The molecule has 3 heteroatoms. The van der Waals surface area contributed by atoms with Crippen molar-refractivity contribution in [3.05, 3.63) is 0 Å². The van der Waals surface area contributed by atoms with E-state index in [-0.39, 0.29) is 17.9 Å². The van der Waals surface area contributed by atoms with Gasteiger partial charge in [-0.05, 0) is 33.1 Å². The van der Waals surface area contributed by atoms with Gasteiger partial charge in [-0.15, -0.1) is 0 Å². The Morgan fingerprint density at radius 1 is 1.12 bits per heavy atom. The predicted octanol–water partition coefficient (Wildman–Crippen LogP) is 2.83. The Hall–Kier alpha value is -0.570. The molecule has 0 heterocycles. The summed E-state index contributed by atoms with van der Waals surface area (Å²) in [7, 11) is 0. The Bertz CT molecular complexity index is 204. The highest BCUT2D eigenvalue weighted by atomic mass is 16.1. The number of amides is 1. The average Bonchev–Trinajstić information content (AvgIpc) is 2.25. The molecule has 3 atom stereocenters. The summed E-state index contributed by atoms with van der Waals surface area (Å²) in [6, 6.07) is 0.548. The molecule has 0 spiro atoms. The lowest BCUT2D eigenvalue weighted by Crippen LogP contribution is -2.36. The molecular weight excluding hydrogens is 212 g/mol. The smallest absolute Gasteiger partial charge is 0.223 e. The fraction of sp³-hybridized carbons (Fsp3) is 0.929. The zero-order valence-corrected chi connectivity index (χ0v) is 12.0. The summed E-state index contributed by atoms with van der Waals surface area (Å²) in [4.78, 5) is 11.8. The van der Waals surface area contributed by atoms with E-state index in [1.54, 1.807) is 0 Å². The van der Waals surface area contributed by atoms with Crippen molar-refractivity contribution >= 4 is 5.91 Å². The Labute approximate surface area is 107 Å². The number of nitrogens with one attached hydrogen (secondary N) is 1. The minimum atomic E-state index is 0.109. The SMILES string of the molecule is CCCCC(C)NC(=O)C(C)CCCC(C)N. The maximum Gasteiger partial charge on any atom is 0.223 e. The van der Waals surface area contributed by atoms with E-state index in [0.29, 0.717) is 6.04 Å². The van der Waals surface area contributed by atoms with Gasteiger partial charge in [0.05, 0.1) is 0 Å². The molecule has 0 aliphatic rings. The summed E-state index contributed by atoms with van der Waals surface area (Å²) in [6.45, 7) is 8.27. The molecule has 0 radical (unpaired) electrons. The number of hydrogen-bond donors (Lipinski definition) is 2. The van der Waals surface area contributed by atoms with Crippen LogP contribution in [-0.2, 0) is 4.79 Å². The number of carbonyl (C=O) groups excluding carboxylic acids is 1. The summed E-state index contributed by atoms with van der Waals surface area (Å²) in [5, 5.41) is 3.08. The van der Waals surface area contributed by atoms with E-state index < -0.39 is 0 Å². The van der Waals surface area contributed by atoms with Crippen LogP contribution in [0.3, 0.4) is 0 Å². The van der Waals surface area contributed by atoms with E-state index in [1.807, 2.05) is 13.8 Å². The summed E-state index contributed by atoms with van der Waals surface area (Å²) < 4.78 is 0. The molecule has 0 aromatic carbocycles. The van der Waals surface area contributed by atoms with Crippen LogP contribution in [0.2, 0.25) is 0 Å². The van der Waals surface area contributed by atoms with Gasteiger partial charge in [-0.3, -0.25) is 4.79 Å². The molecule has 0 aromatic heterocycles. The first kappa shape index (κ1) is 16.4. The second-order valence-electron chi connectivity index (χ2n) is 5.36. The first-order chi connectivity index (χ1) is 7.97. The topological polar surface area (TPSA) is 55.1 Å². The predicted molar refractivity (Wildman–Crippen MR) is 73.8 cm³/mol. The van der Waals surface area contributed by atoms with Crippen molar-refractivity contribution in [2.75, 3.05) is 0 Å². The van der Waals surface area contributed by atoms with E-state index in [0.717, 1.165) is 25.7 Å². The van der Waals surface area contributed by atoms with Gasteiger partial charge in [-0.25, -0.2) is 0 Å². The van der Waals surface area contributed by atoms with Gasteiger partial charge in [0.2, 0.25) is 5.91 Å².